The van der Waals surface area contributed by atoms with Gasteiger partial charge in [0.1, 0.15) is 12.1 Å². The normalized spacial score (nSPS) is 10.9. The third-order valence-corrected chi connectivity index (χ3v) is 2.71. The fourth-order valence-electron chi connectivity index (χ4n) is 1.61. The van der Waals surface area contributed by atoms with Gasteiger partial charge in [0.25, 0.3) is 5.78 Å². The summed E-state index contributed by atoms with van der Waals surface area (Å²) in [6.07, 6.45) is 1.54. The van der Waals surface area contributed by atoms with Crippen molar-refractivity contribution in [1.29, 1.82) is 0 Å². The van der Waals surface area contributed by atoms with E-state index in [9.17, 15) is 0 Å². The van der Waals surface area contributed by atoms with Crippen molar-refractivity contribution in [3.05, 3.63) is 17.6 Å². The number of hydrogen-bond acceptors (Lipinski definition) is 4. The van der Waals surface area contributed by atoms with Crippen LogP contribution in [0.5, 0.6) is 0 Å². The van der Waals surface area contributed by atoms with Gasteiger partial charge < -0.3 is 4.90 Å². The van der Waals surface area contributed by atoms with E-state index in [2.05, 4.69) is 33.8 Å². The summed E-state index contributed by atoms with van der Waals surface area (Å²) in [5, 5.41) is 4.19. The van der Waals surface area contributed by atoms with Crippen LogP contribution >= 0.6 is 0 Å². The SMILES string of the molecule is CCN(C)c1c(C)c(C)nc2ncnn12. The van der Waals surface area contributed by atoms with Gasteiger partial charge in [-0.05, 0) is 20.8 Å². The Balaban J connectivity index is 2.77. The molecule has 0 aliphatic rings. The molecule has 0 saturated heterocycles. The first kappa shape index (κ1) is 9.89. The molecule has 0 aromatic carbocycles. The van der Waals surface area contributed by atoms with Crippen molar-refractivity contribution in [2.24, 2.45) is 0 Å². The highest BCUT2D eigenvalue weighted by Crippen LogP contribution is 2.20. The van der Waals surface area contributed by atoms with Crippen LogP contribution in [0.3, 0.4) is 0 Å². The molecule has 5 heteroatoms. The minimum Gasteiger partial charge on any atom is -0.360 e. The summed E-state index contributed by atoms with van der Waals surface area (Å²) in [5.41, 5.74) is 2.16. The third kappa shape index (κ3) is 1.44. The monoisotopic (exact) mass is 205 g/mol. The molecule has 0 amide bonds. The van der Waals surface area contributed by atoms with Crippen LogP contribution in [0.2, 0.25) is 0 Å². The predicted octanol–water partition coefficient (Wildman–Crippen LogP) is 1.20. The van der Waals surface area contributed by atoms with Crippen molar-refractivity contribution in [3.8, 4) is 0 Å². The van der Waals surface area contributed by atoms with Gasteiger partial charge in [-0.2, -0.15) is 14.6 Å². The molecule has 15 heavy (non-hydrogen) atoms. The molecular formula is C10H15N5. The van der Waals surface area contributed by atoms with Crippen molar-refractivity contribution < 1.29 is 0 Å². The van der Waals surface area contributed by atoms with E-state index >= 15 is 0 Å². The highest BCUT2D eigenvalue weighted by Gasteiger charge is 2.13. The molecule has 0 radical (unpaired) electrons. The molecule has 0 aliphatic heterocycles. The Morgan fingerprint density at radius 1 is 1.40 bits per heavy atom. The van der Waals surface area contributed by atoms with Crippen LogP contribution in [0.15, 0.2) is 6.33 Å². The van der Waals surface area contributed by atoms with Gasteiger partial charge in [-0.1, -0.05) is 0 Å². The van der Waals surface area contributed by atoms with Crippen LogP contribution in [-0.2, 0) is 0 Å². The standard InChI is InChI=1S/C10H15N5/c1-5-14(4)9-7(2)8(3)13-10-11-6-12-15(9)10/h6H,5H2,1-4H3. The molecule has 0 bridgehead atoms. The summed E-state index contributed by atoms with van der Waals surface area (Å²) in [4.78, 5) is 10.6. The van der Waals surface area contributed by atoms with Gasteiger partial charge in [0.2, 0.25) is 0 Å². The van der Waals surface area contributed by atoms with Gasteiger partial charge in [-0.25, -0.2) is 4.98 Å². The summed E-state index contributed by atoms with van der Waals surface area (Å²) < 4.78 is 1.78. The largest absolute Gasteiger partial charge is 0.360 e. The molecule has 0 spiro atoms. The predicted molar refractivity (Wildman–Crippen MR) is 59.2 cm³/mol. The first-order valence-corrected chi connectivity index (χ1v) is 5.03. The highest BCUT2D eigenvalue weighted by molar-refractivity contribution is 5.53. The van der Waals surface area contributed by atoms with Crippen molar-refractivity contribution in [1.82, 2.24) is 19.6 Å². The molecule has 0 aliphatic carbocycles. The zero-order chi connectivity index (χ0) is 11.0. The lowest BCUT2D eigenvalue weighted by atomic mass is 10.2. The van der Waals surface area contributed by atoms with Crippen molar-refractivity contribution >= 4 is 11.6 Å². The Labute approximate surface area is 88.8 Å². The Morgan fingerprint density at radius 3 is 2.80 bits per heavy atom. The summed E-state index contributed by atoms with van der Waals surface area (Å²) >= 11 is 0. The van der Waals surface area contributed by atoms with Gasteiger partial charge in [-0.3, -0.25) is 0 Å². The van der Waals surface area contributed by atoms with E-state index in [0.717, 1.165) is 23.6 Å². The maximum atomic E-state index is 4.38. The van der Waals surface area contributed by atoms with E-state index in [4.69, 9.17) is 0 Å². The van der Waals surface area contributed by atoms with E-state index < -0.39 is 0 Å². The van der Waals surface area contributed by atoms with E-state index in [1.54, 1.807) is 4.52 Å². The molecule has 0 fully saturated rings. The summed E-state index contributed by atoms with van der Waals surface area (Å²) in [6, 6.07) is 0. The molecule has 80 valence electrons. The van der Waals surface area contributed by atoms with Crippen molar-refractivity contribution in [2.75, 3.05) is 18.5 Å². The number of hydrogen-bond donors (Lipinski definition) is 0. The molecule has 5 nitrogen and oxygen atoms in total. The van der Waals surface area contributed by atoms with Crippen LogP contribution in [0.25, 0.3) is 5.78 Å². The topological polar surface area (TPSA) is 46.3 Å². The third-order valence-electron chi connectivity index (χ3n) is 2.71. The zero-order valence-electron chi connectivity index (χ0n) is 9.52. The average molecular weight is 205 g/mol. The van der Waals surface area contributed by atoms with Crippen LogP contribution in [-0.4, -0.2) is 33.2 Å². The van der Waals surface area contributed by atoms with Crippen molar-refractivity contribution in [2.45, 2.75) is 20.8 Å². The Kier molecular flexibility index (Phi) is 2.30. The van der Waals surface area contributed by atoms with Gasteiger partial charge in [0, 0.05) is 24.8 Å². The van der Waals surface area contributed by atoms with E-state index in [0.29, 0.717) is 5.78 Å². The lowest BCUT2D eigenvalue weighted by molar-refractivity contribution is 0.837. The van der Waals surface area contributed by atoms with Crippen LogP contribution in [0.1, 0.15) is 18.2 Å². The molecule has 0 N–H and O–H groups in total. The summed E-state index contributed by atoms with van der Waals surface area (Å²) in [7, 11) is 2.04. The molecule has 0 atom stereocenters. The molecule has 2 aromatic rings. The number of aromatic nitrogens is 4. The molecule has 2 heterocycles. The summed E-state index contributed by atoms with van der Waals surface area (Å²) in [6.45, 7) is 7.10. The second-order valence-electron chi connectivity index (χ2n) is 3.63. The minimum absolute atomic E-state index is 0.661. The first-order chi connectivity index (χ1) is 7.15. The van der Waals surface area contributed by atoms with E-state index in [-0.39, 0.29) is 0 Å². The summed E-state index contributed by atoms with van der Waals surface area (Å²) in [5.74, 6) is 1.73. The Hall–Kier alpha value is -1.65. The van der Waals surface area contributed by atoms with Crippen molar-refractivity contribution in [3.63, 3.8) is 0 Å². The fraction of sp³-hybridized carbons (Fsp3) is 0.500. The smallest absolute Gasteiger partial charge is 0.254 e. The first-order valence-electron chi connectivity index (χ1n) is 5.03. The Bertz CT molecular complexity index is 488. The van der Waals surface area contributed by atoms with Gasteiger partial charge in [-0.15, -0.1) is 0 Å². The van der Waals surface area contributed by atoms with Gasteiger partial charge in [0.15, 0.2) is 0 Å². The number of anilines is 1. The van der Waals surface area contributed by atoms with Gasteiger partial charge >= 0.3 is 0 Å². The number of nitrogens with zero attached hydrogens (tertiary/aromatic N) is 5. The second kappa shape index (κ2) is 3.49. The number of rotatable bonds is 2. The second-order valence-corrected chi connectivity index (χ2v) is 3.63. The van der Waals surface area contributed by atoms with Crippen LogP contribution in [0, 0.1) is 13.8 Å². The maximum Gasteiger partial charge on any atom is 0.254 e. The lowest BCUT2D eigenvalue weighted by Crippen LogP contribution is -2.21. The molecular weight excluding hydrogens is 190 g/mol. The molecule has 2 rings (SSSR count). The molecule has 0 unspecified atom stereocenters. The van der Waals surface area contributed by atoms with Gasteiger partial charge in [0.05, 0.1) is 0 Å². The fourth-order valence-corrected chi connectivity index (χ4v) is 1.61. The van der Waals surface area contributed by atoms with Crippen LogP contribution in [0.4, 0.5) is 5.82 Å². The number of aryl methyl sites for hydroxylation is 1. The average Bonchev–Trinajstić information content (AvgIpc) is 2.66. The molecule has 2 aromatic heterocycles. The van der Waals surface area contributed by atoms with E-state index in [1.165, 1.54) is 6.33 Å². The maximum absolute atomic E-state index is 4.38. The zero-order valence-corrected chi connectivity index (χ0v) is 9.52. The minimum atomic E-state index is 0.661. The molecule has 0 saturated carbocycles. The Morgan fingerprint density at radius 2 is 2.13 bits per heavy atom. The highest BCUT2D eigenvalue weighted by atomic mass is 15.4. The van der Waals surface area contributed by atoms with Crippen LogP contribution < -0.4 is 4.90 Å². The quantitative estimate of drug-likeness (QED) is 0.739. The van der Waals surface area contributed by atoms with E-state index in [1.807, 2.05) is 14.0 Å². The number of fused-ring (bicyclic) bond motifs is 1. The lowest BCUT2D eigenvalue weighted by Gasteiger charge is -2.20.